The summed E-state index contributed by atoms with van der Waals surface area (Å²) in [4.78, 5) is 12.9. The Morgan fingerprint density at radius 1 is 1.04 bits per heavy atom. The number of aromatic nitrogens is 3. The summed E-state index contributed by atoms with van der Waals surface area (Å²) in [5.41, 5.74) is 1.67. The van der Waals surface area contributed by atoms with Crippen LogP contribution in [0.2, 0.25) is 5.02 Å². The van der Waals surface area contributed by atoms with Crippen molar-refractivity contribution < 1.29 is 4.79 Å². The van der Waals surface area contributed by atoms with Crippen LogP contribution in [-0.4, -0.2) is 20.5 Å². The molecule has 3 aromatic rings. The van der Waals surface area contributed by atoms with Gasteiger partial charge in [-0.25, -0.2) is 0 Å². The van der Waals surface area contributed by atoms with Crippen molar-refractivity contribution in [3.63, 3.8) is 0 Å². The fourth-order valence-electron chi connectivity index (χ4n) is 2.46. The van der Waals surface area contributed by atoms with Gasteiger partial charge in [0.05, 0.1) is 16.6 Å². The van der Waals surface area contributed by atoms with E-state index in [1.54, 1.807) is 34.9 Å². The van der Waals surface area contributed by atoms with Crippen LogP contribution in [0.4, 0.5) is 0 Å². The maximum atomic E-state index is 12.9. The van der Waals surface area contributed by atoms with Crippen LogP contribution in [0, 0.1) is 6.92 Å². The number of benzene rings is 2. The van der Waals surface area contributed by atoms with Crippen LogP contribution >= 0.6 is 23.2 Å². The second kappa shape index (κ2) is 6.52. The van der Waals surface area contributed by atoms with E-state index in [1.165, 1.54) is 0 Å². The highest BCUT2D eigenvalue weighted by molar-refractivity contribution is 6.35. The number of aryl methyl sites for hydroxylation is 1. The number of halogens is 2. The normalized spacial score (nSPS) is 10.7. The standard InChI is InChI=1S/C17H13Cl2N3O/c1-11-20-21-16(10-18)22(11)15-9-5-3-7-13(15)17(23)12-6-2-4-8-14(12)19/h2-9H,10H2,1H3. The SMILES string of the molecule is Cc1nnc(CCl)n1-c1ccccc1C(=O)c1ccccc1Cl. The van der Waals surface area contributed by atoms with E-state index in [2.05, 4.69) is 10.2 Å². The molecule has 23 heavy (non-hydrogen) atoms. The molecule has 0 saturated heterocycles. The Bertz CT molecular complexity index is 874. The largest absolute Gasteiger partial charge is 0.288 e. The molecule has 1 aromatic heterocycles. The molecule has 4 nitrogen and oxygen atoms in total. The summed E-state index contributed by atoms with van der Waals surface area (Å²) in [6.45, 7) is 1.82. The topological polar surface area (TPSA) is 47.8 Å². The maximum Gasteiger partial charge on any atom is 0.196 e. The Morgan fingerprint density at radius 3 is 2.39 bits per heavy atom. The monoisotopic (exact) mass is 345 g/mol. The Balaban J connectivity index is 2.18. The number of rotatable bonds is 4. The molecule has 0 saturated carbocycles. The molecule has 0 radical (unpaired) electrons. The maximum absolute atomic E-state index is 12.9. The zero-order chi connectivity index (χ0) is 16.4. The number of carbonyl (C=O) groups excluding carboxylic acids is 1. The molecule has 116 valence electrons. The van der Waals surface area contributed by atoms with Gasteiger partial charge in [-0.15, -0.1) is 21.8 Å². The van der Waals surface area contributed by atoms with Crippen LogP contribution < -0.4 is 0 Å². The molecule has 0 fully saturated rings. The molecule has 0 unspecified atom stereocenters. The summed E-state index contributed by atoms with van der Waals surface area (Å²) in [7, 11) is 0. The highest BCUT2D eigenvalue weighted by Crippen LogP contribution is 2.24. The molecule has 0 aliphatic carbocycles. The van der Waals surface area contributed by atoms with Crippen molar-refractivity contribution in [3.8, 4) is 5.69 Å². The third kappa shape index (κ3) is 2.87. The van der Waals surface area contributed by atoms with E-state index >= 15 is 0 Å². The molecule has 0 amide bonds. The number of hydrogen-bond donors (Lipinski definition) is 0. The quantitative estimate of drug-likeness (QED) is 0.525. The van der Waals surface area contributed by atoms with Crippen LogP contribution in [0.25, 0.3) is 5.69 Å². The highest BCUT2D eigenvalue weighted by Gasteiger charge is 2.19. The Hall–Kier alpha value is -2.17. The van der Waals surface area contributed by atoms with Gasteiger partial charge in [0, 0.05) is 11.1 Å². The number of para-hydroxylation sites is 1. The minimum Gasteiger partial charge on any atom is -0.288 e. The van der Waals surface area contributed by atoms with E-state index in [9.17, 15) is 4.79 Å². The summed E-state index contributed by atoms with van der Waals surface area (Å²) >= 11 is 12.1. The van der Waals surface area contributed by atoms with Crippen molar-refractivity contribution in [1.82, 2.24) is 14.8 Å². The van der Waals surface area contributed by atoms with Gasteiger partial charge in [0.2, 0.25) is 0 Å². The smallest absolute Gasteiger partial charge is 0.196 e. The molecule has 6 heteroatoms. The minimum atomic E-state index is -0.153. The van der Waals surface area contributed by atoms with Crippen LogP contribution in [0.1, 0.15) is 27.6 Å². The molecule has 0 spiro atoms. The second-order valence-corrected chi connectivity index (χ2v) is 5.63. The Kier molecular flexibility index (Phi) is 4.46. The van der Waals surface area contributed by atoms with Gasteiger partial charge >= 0.3 is 0 Å². The number of ketones is 1. The number of alkyl halides is 1. The fraction of sp³-hybridized carbons (Fsp3) is 0.118. The number of carbonyl (C=O) groups is 1. The zero-order valence-electron chi connectivity index (χ0n) is 12.3. The van der Waals surface area contributed by atoms with Crippen LogP contribution in [-0.2, 0) is 5.88 Å². The van der Waals surface area contributed by atoms with Crippen molar-refractivity contribution in [2.24, 2.45) is 0 Å². The molecule has 0 aliphatic heterocycles. The first-order valence-corrected chi connectivity index (χ1v) is 7.90. The predicted molar refractivity (Wildman–Crippen MR) is 90.5 cm³/mol. The molecule has 1 heterocycles. The van der Waals surface area contributed by atoms with Crippen LogP contribution in [0.3, 0.4) is 0 Å². The third-order valence-corrected chi connectivity index (χ3v) is 4.09. The number of nitrogens with zero attached hydrogens (tertiary/aromatic N) is 3. The van der Waals surface area contributed by atoms with E-state index < -0.39 is 0 Å². The van der Waals surface area contributed by atoms with Crippen molar-refractivity contribution in [3.05, 3.63) is 76.3 Å². The summed E-state index contributed by atoms with van der Waals surface area (Å²) in [6.07, 6.45) is 0. The first kappa shape index (κ1) is 15.7. The second-order valence-electron chi connectivity index (χ2n) is 4.96. The molecule has 3 rings (SSSR count). The van der Waals surface area contributed by atoms with Gasteiger partial charge in [0.1, 0.15) is 5.82 Å². The van der Waals surface area contributed by atoms with Gasteiger partial charge in [0.25, 0.3) is 0 Å². The highest BCUT2D eigenvalue weighted by atomic mass is 35.5. The van der Waals surface area contributed by atoms with Crippen LogP contribution in [0.15, 0.2) is 48.5 Å². The lowest BCUT2D eigenvalue weighted by Crippen LogP contribution is -2.10. The van der Waals surface area contributed by atoms with E-state index in [4.69, 9.17) is 23.2 Å². The lowest BCUT2D eigenvalue weighted by Gasteiger charge is -2.13. The summed E-state index contributed by atoms with van der Waals surface area (Å²) < 4.78 is 1.79. The van der Waals surface area contributed by atoms with E-state index in [0.29, 0.717) is 33.5 Å². The van der Waals surface area contributed by atoms with Crippen molar-refractivity contribution in [1.29, 1.82) is 0 Å². The molecule has 2 aromatic carbocycles. The average molecular weight is 346 g/mol. The Labute approximate surface area is 143 Å². The van der Waals surface area contributed by atoms with Crippen molar-refractivity contribution in [2.45, 2.75) is 12.8 Å². The van der Waals surface area contributed by atoms with E-state index in [1.807, 2.05) is 25.1 Å². The third-order valence-electron chi connectivity index (χ3n) is 3.52. The first-order chi connectivity index (χ1) is 11.1. The predicted octanol–water partition coefficient (Wildman–Crippen LogP) is 4.20. The van der Waals surface area contributed by atoms with Gasteiger partial charge in [-0.3, -0.25) is 9.36 Å². The van der Waals surface area contributed by atoms with Crippen molar-refractivity contribution in [2.75, 3.05) is 0 Å². The van der Waals surface area contributed by atoms with Crippen LogP contribution in [0.5, 0.6) is 0 Å². The molecule has 0 atom stereocenters. The lowest BCUT2D eigenvalue weighted by molar-refractivity contribution is 0.103. The molecule has 0 bridgehead atoms. The minimum absolute atomic E-state index is 0.153. The first-order valence-electron chi connectivity index (χ1n) is 6.99. The zero-order valence-corrected chi connectivity index (χ0v) is 13.8. The molecule has 0 N–H and O–H groups in total. The number of hydrogen-bond acceptors (Lipinski definition) is 3. The molecular formula is C17H13Cl2N3O. The van der Waals surface area contributed by atoms with Gasteiger partial charge in [-0.1, -0.05) is 35.9 Å². The van der Waals surface area contributed by atoms with E-state index in [-0.39, 0.29) is 11.7 Å². The lowest BCUT2D eigenvalue weighted by atomic mass is 10.0. The summed E-state index contributed by atoms with van der Waals surface area (Å²) in [6, 6.07) is 14.3. The Morgan fingerprint density at radius 2 is 1.70 bits per heavy atom. The summed E-state index contributed by atoms with van der Waals surface area (Å²) in [5.74, 6) is 1.30. The van der Waals surface area contributed by atoms with Gasteiger partial charge in [0.15, 0.2) is 11.6 Å². The summed E-state index contributed by atoms with van der Waals surface area (Å²) in [5, 5.41) is 8.51. The molecule has 0 aliphatic rings. The van der Waals surface area contributed by atoms with Gasteiger partial charge in [-0.2, -0.15) is 0 Å². The van der Waals surface area contributed by atoms with Crippen molar-refractivity contribution >= 4 is 29.0 Å². The van der Waals surface area contributed by atoms with E-state index in [0.717, 1.165) is 0 Å². The van der Waals surface area contributed by atoms with Gasteiger partial charge < -0.3 is 0 Å². The van der Waals surface area contributed by atoms with Gasteiger partial charge in [-0.05, 0) is 31.2 Å². The fourth-order valence-corrected chi connectivity index (χ4v) is 2.85. The average Bonchev–Trinajstić information content (AvgIpc) is 2.95. The molecular weight excluding hydrogens is 333 g/mol.